The van der Waals surface area contributed by atoms with Gasteiger partial charge in [0.15, 0.2) is 5.75 Å². The predicted octanol–water partition coefficient (Wildman–Crippen LogP) is 2.67. The first-order chi connectivity index (χ1) is 7.35. The summed E-state index contributed by atoms with van der Waals surface area (Å²) in [7, 11) is 0. The van der Waals surface area contributed by atoms with Gasteiger partial charge in [0.25, 0.3) is 0 Å². The lowest BCUT2D eigenvalue weighted by molar-refractivity contribution is -0.209. The molecule has 1 aromatic rings. The summed E-state index contributed by atoms with van der Waals surface area (Å²) in [5.41, 5.74) is 0.285. The third kappa shape index (κ3) is 2.97. The molecule has 87 valence electrons. The summed E-state index contributed by atoms with van der Waals surface area (Å²) in [6.45, 7) is 7.00. The van der Waals surface area contributed by atoms with Gasteiger partial charge in [-0.05, 0) is 39.8 Å². The van der Waals surface area contributed by atoms with Crippen LogP contribution in [0.3, 0.4) is 0 Å². The van der Waals surface area contributed by atoms with Crippen LogP contribution >= 0.6 is 0 Å². The molecule has 0 unspecified atom stereocenters. The van der Waals surface area contributed by atoms with Crippen molar-refractivity contribution in [3.63, 3.8) is 0 Å². The third-order valence-corrected chi connectivity index (χ3v) is 1.99. The zero-order chi connectivity index (χ0) is 12.3. The van der Waals surface area contributed by atoms with Gasteiger partial charge in [-0.15, -0.1) is 0 Å². The van der Waals surface area contributed by atoms with Crippen LogP contribution < -0.4 is 4.89 Å². The molecule has 0 aliphatic heterocycles. The minimum atomic E-state index is -0.558. The molecule has 0 spiro atoms. The van der Waals surface area contributed by atoms with Crippen LogP contribution in [0, 0.1) is 6.92 Å². The van der Waals surface area contributed by atoms with Crippen LogP contribution in [-0.4, -0.2) is 11.6 Å². The molecule has 1 aromatic carbocycles. The molecule has 0 atom stereocenters. The summed E-state index contributed by atoms with van der Waals surface area (Å²) in [6.07, 6.45) is 0. The number of hydrogen-bond donors (Lipinski definition) is 0. The molecule has 0 N–H and O–H groups in total. The van der Waals surface area contributed by atoms with Gasteiger partial charge in [0.2, 0.25) is 0 Å². The van der Waals surface area contributed by atoms with Gasteiger partial charge in [-0.1, -0.05) is 6.07 Å². The molecule has 0 saturated heterocycles. The van der Waals surface area contributed by atoms with Crippen molar-refractivity contribution in [3.05, 3.63) is 29.3 Å². The van der Waals surface area contributed by atoms with Gasteiger partial charge in [0, 0.05) is 10.8 Å². The van der Waals surface area contributed by atoms with E-state index in [1.165, 1.54) is 6.07 Å². The molecule has 4 nitrogen and oxygen atoms in total. The third-order valence-electron chi connectivity index (χ3n) is 1.99. The number of carbonyl (C=O) groups excluding carboxylic acids is 1. The smallest absolute Gasteiger partial charge is 0.339 e. The first-order valence-electron chi connectivity index (χ1n) is 4.98. The van der Waals surface area contributed by atoms with Crippen molar-refractivity contribution < 1.29 is 19.7 Å². The Bertz CT molecular complexity index is 390. The predicted molar refractivity (Wildman–Crippen MR) is 57.7 cm³/mol. The van der Waals surface area contributed by atoms with E-state index in [0.717, 1.165) is 0 Å². The van der Waals surface area contributed by atoms with E-state index < -0.39 is 11.6 Å². The van der Waals surface area contributed by atoms with Crippen molar-refractivity contribution in [2.45, 2.75) is 33.3 Å². The second-order valence-electron chi connectivity index (χ2n) is 4.51. The zero-order valence-corrected chi connectivity index (χ0v) is 9.87. The Balaban J connectivity index is 3.01. The molecule has 0 aliphatic carbocycles. The second-order valence-corrected chi connectivity index (χ2v) is 4.51. The van der Waals surface area contributed by atoms with E-state index in [2.05, 4.69) is 4.89 Å². The Kier molecular flexibility index (Phi) is 3.55. The number of ether oxygens (including phenoxy) is 1. The molecule has 0 saturated carbocycles. The van der Waals surface area contributed by atoms with Gasteiger partial charge in [0.1, 0.15) is 5.60 Å². The largest absolute Gasteiger partial charge is 0.456 e. The van der Waals surface area contributed by atoms with Crippen molar-refractivity contribution >= 4 is 5.97 Å². The molecule has 0 aliphatic rings. The fraction of sp³-hybridized carbons (Fsp3) is 0.417. The number of esters is 1. The van der Waals surface area contributed by atoms with Gasteiger partial charge in [-0.2, -0.15) is 0 Å². The number of hydrogen-bond acceptors (Lipinski definition) is 3. The van der Waals surface area contributed by atoms with Crippen molar-refractivity contribution in [2.24, 2.45) is 0 Å². The van der Waals surface area contributed by atoms with Gasteiger partial charge >= 0.3 is 5.97 Å². The van der Waals surface area contributed by atoms with Crippen LogP contribution in [0.1, 0.15) is 36.7 Å². The Morgan fingerprint density at radius 1 is 1.25 bits per heavy atom. The van der Waals surface area contributed by atoms with Gasteiger partial charge < -0.3 is 9.62 Å². The first-order valence-corrected chi connectivity index (χ1v) is 4.98. The lowest BCUT2D eigenvalue weighted by Gasteiger charge is -2.20. The summed E-state index contributed by atoms with van der Waals surface area (Å²) in [4.78, 5) is 15.7. The fourth-order valence-corrected chi connectivity index (χ4v) is 1.26. The van der Waals surface area contributed by atoms with E-state index >= 15 is 0 Å². The maximum atomic E-state index is 11.8. The second kappa shape index (κ2) is 4.53. The van der Waals surface area contributed by atoms with Gasteiger partial charge in [-0.3, -0.25) is 0 Å². The SMILES string of the molecule is Cc1c(O[O])cccc1C(=O)OC(C)(C)C. The standard InChI is InChI=1S/C12H15O4/c1-8-9(6-5-7-10(8)16-14)11(13)15-12(2,3)4/h5-7H,1-4H3. The molecule has 1 radical (unpaired) electrons. The fourth-order valence-electron chi connectivity index (χ4n) is 1.26. The van der Waals surface area contributed by atoms with Crippen LogP contribution in [-0.2, 0) is 9.99 Å². The van der Waals surface area contributed by atoms with Crippen LogP contribution in [0.15, 0.2) is 18.2 Å². The zero-order valence-electron chi connectivity index (χ0n) is 9.87. The number of benzene rings is 1. The molecule has 0 aromatic heterocycles. The Hall–Kier alpha value is -1.55. The van der Waals surface area contributed by atoms with E-state index in [4.69, 9.17) is 4.74 Å². The van der Waals surface area contributed by atoms with Crippen LogP contribution in [0.4, 0.5) is 0 Å². The van der Waals surface area contributed by atoms with Crippen molar-refractivity contribution in [3.8, 4) is 5.75 Å². The van der Waals surface area contributed by atoms with E-state index in [1.54, 1.807) is 39.8 Å². The van der Waals surface area contributed by atoms with Crippen molar-refractivity contribution in [1.29, 1.82) is 0 Å². The molecular formula is C12H15O4. The molecule has 1 rings (SSSR count). The average Bonchev–Trinajstić information content (AvgIpc) is 2.15. The number of rotatable bonds is 2. The molecule has 0 bridgehead atoms. The summed E-state index contributed by atoms with van der Waals surface area (Å²) in [5, 5.41) is 10.4. The summed E-state index contributed by atoms with van der Waals surface area (Å²) in [5.74, 6) is -0.313. The van der Waals surface area contributed by atoms with E-state index in [9.17, 15) is 10.1 Å². The normalized spacial score (nSPS) is 11.1. The molecule has 0 amide bonds. The van der Waals surface area contributed by atoms with Crippen LogP contribution in [0.25, 0.3) is 0 Å². The molecular weight excluding hydrogens is 208 g/mol. The highest BCUT2D eigenvalue weighted by atomic mass is 17.1. The van der Waals surface area contributed by atoms with E-state index in [1.807, 2.05) is 0 Å². The maximum Gasteiger partial charge on any atom is 0.339 e. The highest BCUT2D eigenvalue weighted by Gasteiger charge is 2.20. The molecule has 0 fully saturated rings. The highest BCUT2D eigenvalue weighted by molar-refractivity contribution is 5.92. The lowest BCUT2D eigenvalue weighted by Crippen LogP contribution is -2.24. The first kappa shape index (κ1) is 12.5. The Morgan fingerprint density at radius 2 is 1.88 bits per heavy atom. The minimum Gasteiger partial charge on any atom is -0.456 e. The summed E-state index contributed by atoms with van der Waals surface area (Å²) in [6, 6.07) is 4.70. The van der Waals surface area contributed by atoms with E-state index in [0.29, 0.717) is 11.1 Å². The summed E-state index contributed by atoms with van der Waals surface area (Å²) >= 11 is 0. The molecule has 16 heavy (non-hydrogen) atoms. The highest BCUT2D eigenvalue weighted by Crippen LogP contribution is 2.23. The molecule has 4 heteroatoms. The van der Waals surface area contributed by atoms with E-state index in [-0.39, 0.29) is 5.75 Å². The quantitative estimate of drug-likeness (QED) is 0.440. The topological polar surface area (TPSA) is 55.4 Å². The lowest BCUT2D eigenvalue weighted by atomic mass is 10.1. The monoisotopic (exact) mass is 223 g/mol. The average molecular weight is 223 g/mol. The minimum absolute atomic E-state index is 0.142. The van der Waals surface area contributed by atoms with Crippen LogP contribution in [0.5, 0.6) is 5.75 Å². The molecule has 0 heterocycles. The van der Waals surface area contributed by atoms with Gasteiger partial charge in [0.05, 0.1) is 5.56 Å². The van der Waals surface area contributed by atoms with Crippen molar-refractivity contribution in [2.75, 3.05) is 0 Å². The van der Waals surface area contributed by atoms with Crippen LogP contribution in [0.2, 0.25) is 0 Å². The maximum absolute atomic E-state index is 11.8. The van der Waals surface area contributed by atoms with Crippen molar-refractivity contribution in [1.82, 2.24) is 0 Å². The Labute approximate surface area is 94.7 Å². The number of carbonyl (C=O) groups is 1. The summed E-state index contributed by atoms with van der Waals surface area (Å²) < 4.78 is 5.21. The van der Waals surface area contributed by atoms with Gasteiger partial charge in [-0.25, -0.2) is 4.79 Å². The Morgan fingerprint density at radius 3 is 2.38 bits per heavy atom.